The number of halogens is 3. The zero-order valence-electron chi connectivity index (χ0n) is 15.4. The Labute approximate surface area is 171 Å². The van der Waals surface area contributed by atoms with Crippen molar-refractivity contribution in [2.24, 2.45) is 0 Å². The van der Waals surface area contributed by atoms with E-state index in [1.54, 1.807) is 18.5 Å². The molecule has 27 heavy (non-hydrogen) atoms. The van der Waals surface area contributed by atoms with E-state index in [0.717, 1.165) is 62.4 Å². The van der Waals surface area contributed by atoms with Crippen LogP contribution in [0.3, 0.4) is 0 Å². The topological polar surface area (TPSA) is 41.1 Å². The van der Waals surface area contributed by atoms with Gasteiger partial charge in [-0.15, -0.1) is 24.8 Å². The van der Waals surface area contributed by atoms with E-state index in [-0.39, 0.29) is 36.0 Å². The Morgan fingerprint density at radius 3 is 2.89 bits per heavy atom. The molecule has 1 aliphatic carbocycles. The monoisotopic (exact) mass is 410 g/mol. The van der Waals surface area contributed by atoms with Gasteiger partial charge in [-0.3, -0.25) is 0 Å². The minimum absolute atomic E-state index is 0. The van der Waals surface area contributed by atoms with Crippen LogP contribution in [0.1, 0.15) is 48.9 Å². The van der Waals surface area contributed by atoms with Crippen LogP contribution in [0.5, 0.6) is 0 Å². The molecular weight excluding hydrogens is 386 g/mol. The van der Waals surface area contributed by atoms with Gasteiger partial charge in [-0.2, -0.15) is 0 Å². The minimum atomic E-state index is -0.146. The van der Waals surface area contributed by atoms with Crippen LogP contribution in [0.25, 0.3) is 0 Å². The zero-order valence-corrected chi connectivity index (χ0v) is 17.0. The molecule has 2 aromatic rings. The average Bonchev–Trinajstić information content (AvgIpc) is 3.15. The zero-order chi connectivity index (χ0) is 17.0. The van der Waals surface area contributed by atoms with E-state index in [4.69, 9.17) is 0 Å². The summed E-state index contributed by atoms with van der Waals surface area (Å²) in [6.45, 7) is 5.09. The van der Waals surface area contributed by atoms with Crippen molar-refractivity contribution >= 4 is 36.3 Å². The highest BCUT2D eigenvalue weighted by molar-refractivity contribution is 5.85. The maximum Gasteiger partial charge on any atom is 0.140 e. The summed E-state index contributed by atoms with van der Waals surface area (Å²) in [5.41, 5.74) is 4.71. The maximum atomic E-state index is 14.0. The molecule has 1 aromatic heterocycles. The van der Waals surface area contributed by atoms with Crippen LogP contribution in [-0.4, -0.2) is 29.6 Å². The second-order valence-corrected chi connectivity index (χ2v) is 7.81. The van der Waals surface area contributed by atoms with Gasteiger partial charge in [0.15, 0.2) is 0 Å². The fourth-order valence-electron chi connectivity index (χ4n) is 5.00. The lowest BCUT2D eigenvalue weighted by atomic mass is 9.76. The highest BCUT2D eigenvalue weighted by atomic mass is 35.5. The SMILES string of the molecule is C[C@@H]1CCc2ncnc(N3C[C@]4(CCCNC4)c4cc(F)ccc43)c21.Cl.Cl. The Bertz CT molecular complexity index is 839. The molecule has 5 rings (SSSR count). The molecule has 2 aliphatic heterocycles. The molecule has 1 fully saturated rings. The maximum absolute atomic E-state index is 14.0. The van der Waals surface area contributed by atoms with Crippen LogP contribution in [0.2, 0.25) is 0 Å². The van der Waals surface area contributed by atoms with Crippen LogP contribution in [0, 0.1) is 5.82 Å². The van der Waals surface area contributed by atoms with Gasteiger partial charge in [0.05, 0.1) is 0 Å². The van der Waals surface area contributed by atoms with Crippen molar-refractivity contribution in [1.82, 2.24) is 15.3 Å². The highest BCUT2D eigenvalue weighted by Gasteiger charge is 2.45. The minimum Gasteiger partial charge on any atom is -0.325 e. The normalized spacial score (nSPS) is 25.6. The summed E-state index contributed by atoms with van der Waals surface area (Å²) in [5.74, 6) is 1.37. The first-order chi connectivity index (χ1) is 12.2. The Morgan fingerprint density at radius 2 is 2.11 bits per heavy atom. The molecule has 1 N–H and O–H groups in total. The molecule has 1 spiro atoms. The van der Waals surface area contributed by atoms with Crippen molar-refractivity contribution in [2.45, 2.75) is 43.9 Å². The average molecular weight is 411 g/mol. The van der Waals surface area contributed by atoms with E-state index >= 15 is 0 Å². The quantitative estimate of drug-likeness (QED) is 0.761. The number of piperidine rings is 1. The third kappa shape index (κ3) is 3.10. The molecule has 146 valence electrons. The van der Waals surface area contributed by atoms with Crippen molar-refractivity contribution in [3.63, 3.8) is 0 Å². The molecule has 7 heteroatoms. The van der Waals surface area contributed by atoms with Crippen LogP contribution in [-0.2, 0) is 11.8 Å². The Kier molecular flexibility index (Phi) is 5.67. The van der Waals surface area contributed by atoms with Gasteiger partial charge in [-0.1, -0.05) is 6.92 Å². The molecule has 0 radical (unpaired) electrons. The predicted octanol–water partition coefficient (Wildman–Crippen LogP) is 4.28. The molecule has 1 aromatic carbocycles. The molecule has 2 atom stereocenters. The Hall–Kier alpha value is -1.43. The Balaban J connectivity index is 0.00000105. The van der Waals surface area contributed by atoms with Crippen molar-refractivity contribution in [3.05, 3.63) is 47.2 Å². The van der Waals surface area contributed by atoms with Crippen LogP contribution in [0.4, 0.5) is 15.9 Å². The van der Waals surface area contributed by atoms with Gasteiger partial charge in [0, 0.05) is 35.4 Å². The number of fused-ring (bicyclic) bond motifs is 3. The fraction of sp³-hybridized carbons (Fsp3) is 0.500. The summed E-state index contributed by atoms with van der Waals surface area (Å²) < 4.78 is 14.0. The number of hydrogen-bond acceptors (Lipinski definition) is 4. The van der Waals surface area contributed by atoms with E-state index in [0.29, 0.717) is 5.92 Å². The fourth-order valence-corrected chi connectivity index (χ4v) is 5.00. The third-order valence-corrected chi connectivity index (χ3v) is 6.26. The second kappa shape index (κ2) is 7.53. The first-order valence-electron chi connectivity index (χ1n) is 9.30. The van der Waals surface area contributed by atoms with Crippen molar-refractivity contribution in [2.75, 3.05) is 24.5 Å². The van der Waals surface area contributed by atoms with Crippen LogP contribution >= 0.6 is 24.8 Å². The number of anilines is 2. The number of aromatic nitrogens is 2. The van der Waals surface area contributed by atoms with Gasteiger partial charge < -0.3 is 10.2 Å². The van der Waals surface area contributed by atoms with Gasteiger partial charge in [-0.05, 0) is 61.9 Å². The van der Waals surface area contributed by atoms with Gasteiger partial charge >= 0.3 is 0 Å². The molecular formula is C20H25Cl2FN4. The number of hydrogen-bond donors (Lipinski definition) is 1. The largest absolute Gasteiger partial charge is 0.325 e. The van der Waals surface area contributed by atoms with Gasteiger partial charge in [0.25, 0.3) is 0 Å². The van der Waals surface area contributed by atoms with E-state index in [1.165, 1.54) is 11.3 Å². The molecule has 0 amide bonds. The molecule has 3 aliphatic rings. The molecule has 0 saturated carbocycles. The number of benzene rings is 1. The summed E-state index contributed by atoms with van der Waals surface area (Å²) in [7, 11) is 0. The van der Waals surface area contributed by atoms with E-state index < -0.39 is 0 Å². The summed E-state index contributed by atoms with van der Waals surface area (Å²) in [5, 5.41) is 3.53. The molecule has 4 nitrogen and oxygen atoms in total. The van der Waals surface area contributed by atoms with Gasteiger partial charge in [0.1, 0.15) is 18.0 Å². The number of rotatable bonds is 1. The van der Waals surface area contributed by atoms with Crippen molar-refractivity contribution in [1.29, 1.82) is 0 Å². The lowest BCUT2D eigenvalue weighted by Crippen LogP contribution is -2.46. The molecule has 0 unspecified atom stereocenters. The summed E-state index contributed by atoms with van der Waals surface area (Å²) in [4.78, 5) is 11.5. The molecule has 0 bridgehead atoms. The summed E-state index contributed by atoms with van der Waals surface area (Å²) >= 11 is 0. The van der Waals surface area contributed by atoms with E-state index in [1.807, 2.05) is 6.07 Å². The van der Waals surface area contributed by atoms with E-state index in [9.17, 15) is 4.39 Å². The summed E-state index contributed by atoms with van der Waals surface area (Å²) in [6, 6.07) is 5.25. The Morgan fingerprint density at radius 1 is 1.26 bits per heavy atom. The number of nitrogens with one attached hydrogen (secondary N) is 1. The van der Waals surface area contributed by atoms with Crippen LogP contribution in [0.15, 0.2) is 24.5 Å². The first-order valence-corrected chi connectivity index (χ1v) is 9.30. The lowest BCUT2D eigenvalue weighted by molar-refractivity contribution is 0.332. The highest BCUT2D eigenvalue weighted by Crippen LogP contribution is 2.49. The number of aryl methyl sites for hydroxylation is 1. The van der Waals surface area contributed by atoms with Gasteiger partial charge in [0.2, 0.25) is 0 Å². The molecule has 1 saturated heterocycles. The van der Waals surface area contributed by atoms with E-state index in [2.05, 4.69) is 27.1 Å². The molecule has 3 heterocycles. The first kappa shape index (κ1) is 20.3. The smallest absolute Gasteiger partial charge is 0.140 e. The number of nitrogens with zero attached hydrogens (tertiary/aromatic N) is 3. The summed E-state index contributed by atoms with van der Waals surface area (Å²) in [6.07, 6.45) is 6.08. The predicted molar refractivity (Wildman–Crippen MR) is 110 cm³/mol. The standard InChI is InChI=1S/C20H23FN4.2ClH/c1-13-3-5-16-18(13)19(24-12-23-16)25-11-20(7-2-8-22-10-20)15-9-14(21)4-6-17(15)25;;/h4,6,9,12-13,22H,2-3,5,7-8,10-11H2,1H3;2*1H/t13-,20-;;/m1../s1. The van der Waals surface area contributed by atoms with Crippen molar-refractivity contribution < 1.29 is 4.39 Å². The van der Waals surface area contributed by atoms with Crippen LogP contribution < -0.4 is 10.2 Å². The lowest BCUT2D eigenvalue weighted by Gasteiger charge is -2.35. The second-order valence-electron chi connectivity index (χ2n) is 7.81. The van der Waals surface area contributed by atoms with Gasteiger partial charge in [-0.25, -0.2) is 14.4 Å². The van der Waals surface area contributed by atoms with Crippen molar-refractivity contribution in [3.8, 4) is 0 Å². The third-order valence-electron chi connectivity index (χ3n) is 6.26.